The zero-order valence-corrected chi connectivity index (χ0v) is 14.7. The summed E-state index contributed by atoms with van der Waals surface area (Å²) in [5.74, 6) is -2.50. The Labute approximate surface area is 161 Å². The predicted octanol–water partition coefficient (Wildman–Crippen LogP) is 5.46. The van der Waals surface area contributed by atoms with Crippen LogP contribution in [0, 0.1) is 21.7 Å². The van der Waals surface area contributed by atoms with Crippen molar-refractivity contribution in [2.45, 2.75) is 0 Å². The smallest absolute Gasteiger partial charge is 0.334 e. The van der Waals surface area contributed by atoms with Gasteiger partial charge < -0.3 is 10.6 Å². The Bertz CT molecular complexity index is 1020. The Morgan fingerprint density at radius 2 is 1.48 bits per heavy atom. The Morgan fingerprint density at radius 3 is 2.04 bits per heavy atom. The summed E-state index contributed by atoms with van der Waals surface area (Å²) >= 11 is 11.8. The number of benzene rings is 2. The van der Waals surface area contributed by atoms with Crippen LogP contribution in [0.15, 0.2) is 42.7 Å². The van der Waals surface area contributed by atoms with Gasteiger partial charge in [0.25, 0.3) is 0 Å². The first kappa shape index (κ1) is 18.7. The third-order valence-corrected chi connectivity index (χ3v) is 3.75. The predicted molar refractivity (Wildman–Crippen MR) is 98.1 cm³/mol. The summed E-state index contributed by atoms with van der Waals surface area (Å²) in [5, 5.41) is 17.5. The van der Waals surface area contributed by atoms with Gasteiger partial charge in [-0.2, -0.15) is 0 Å². The van der Waals surface area contributed by atoms with E-state index in [1.165, 1.54) is 24.3 Å². The van der Waals surface area contributed by atoms with E-state index in [-0.39, 0.29) is 17.3 Å². The third kappa shape index (κ3) is 4.39. The highest BCUT2D eigenvalue weighted by Gasteiger charge is 2.23. The Morgan fingerprint density at radius 1 is 0.889 bits per heavy atom. The molecule has 0 radical (unpaired) electrons. The van der Waals surface area contributed by atoms with Crippen LogP contribution in [0.25, 0.3) is 0 Å². The lowest BCUT2D eigenvalue weighted by Gasteiger charge is -2.11. The summed E-state index contributed by atoms with van der Waals surface area (Å²) in [6.07, 6.45) is 1.07. The minimum atomic E-state index is -1.11. The number of nitro groups is 1. The van der Waals surface area contributed by atoms with Crippen molar-refractivity contribution in [2.75, 3.05) is 10.6 Å². The van der Waals surface area contributed by atoms with Crippen LogP contribution in [0.4, 0.5) is 37.5 Å². The lowest BCUT2D eigenvalue weighted by molar-refractivity contribution is -0.383. The van der Waals surface area contributed by atoms with E-state index in [0.717, 1.165) is 18.5 Å². The quantitative estimate of drug-likeness (QED) is 0.427. The van der Waals surface area contributed by atoms with E-state index in [1.807, 2.05) is 0 Å². The van der Waals surface area contributed by atoms with E-state index < -0.39 is 22.2 Å². The maximum Gasteiger partial charge on any atom is 0.353 e. The molecule has 1 heterocycles. The third-order valence-electron chi connectivity index (χ3n) is 3.31. The van der Waals surface area contributed by atoms with Crippen molar-refractivity contribution in [3.63, 3.8) is 0 Å². The Hall–Kier alpha value is -3.04. The molecule has 0 aliphatic rings. The average molecular weight is 412 g/mol. The monoisotopic (exact) mass is 411 g/mol. The number of nitrogens with zero attached hydrogens (tertiary/aromatic N) is 3. The van der Waals surface area contributed by atoms with Gasteiger partial charge in [0.05, 0.1) is 4.92 Å². The molecule has 138 valence electrons. The minimum Gasteiger partial charge on any atom is -0.334 e. The molecule has 27 heavy (non-hydrogen) atoms. The molecule has 0 saturated heterocycles. The molecule has 1 aromatic heterocycles. The maximum atomic E-state index is 13.4. The van der Waals surface area contributed by atoms with Crippen LogP contribution in [0.3, 0.4) is 0 Å². The molecule has 0 spiro atoms. The van der Waals surface area contributed by atoms with Crippen LogP contribution >= 0.6 is 23.2 Å². The van der Waals surface area contributed by atoms with Crippen molar-refractivity contribution in [1.82, 2.24) is 9.97 Å². The molecule has 2 aromatic carbocycles. The molecular weight excluding hydrogens is 403 g/mol. The van der Waals surface area contributed by atoms with Gasteiger partial charge in [-0.25, -0.2) is 18.7 Å². The van der Waals surface area contributed by atoms with Gasteiger partial charge in [-0.3, -0.25) is 10.1 Å². The Balaban J connectivity index is 1.99. The molecule has 3 rings (SSSR count). The molecule has 0 amide bonds. The zero-order valence-electron chi connectivity index (χ0n) is 13.2. The van der Waals surface area contributed by atoms with Crippen molar-refractivity contribution in [2.24, 2.45) is 0 Å². The van der Waals surface area contributed by atoms with E-state index >= 15 is 0 Å². The second-order valence-electron chi connectivity index (χ2n) is 5.21. The van der Waals surface area contributed by atoms with Crippen molar-refractivity contribution in [3.8, 4) is 0 Å². The molecule has 0 fully saturated rings. The molecule has 0 aliphatic heterocycles. The first-order chi connectivity index (χ1) is 12.8. The standard InChI is InChI=1S/C16H9Cl2F2N5O2/c17-8-3-9(18)5-11(4-8)24-16-14(25(26)27)15(21-7-22-16)23-10-1-2-12(19)13(20)6-10/h1-7H,(H2,21,22,23,24). The number of hydrogen-bond acceptors (Lipinski definition) is 6. The lowest BCUT2D eigenvalue weighted by atomic mass is 10.3. The number of nitrogens with one attached hydrogen (secondary N) is 2. The van der Waals surface area contributed by atoms with E-state index in [4.69, 9.17) is 23.2 Å². The van der Waals surface area contributed by atoms with Gasteiger partial charge in [0.2, 0.25) is 11.6 Å². The second kappa shape index (κ2) is 7.68. The van der Waals surface area contributed by atoms with Crippen molar-refractivity contribution in [1.29, 1.82) is 0 Å². The normalized spacial score (nSPS) is 10.5. The summed E-state index contributed by atoms with van der Waals surface area (Å²) in [5.41, 5.74) is -0.0566. The van der Waals surface area contributed by atoms with Crippen molar-refractivity contribution < 1.29 is 13.7 Å². The van der Waals surface area contributed by atoms with Gasteiger partial charge in [0, 0.05) is 27.5 Å². The highest BCUT2D eigenvalue weighted by Crippen LogP contribution is 2.34. The number of hydrogen-bond donors (Lipinski definition) is 2. The van der Waals surface area contributed by atoms with Crippen LogP contribution < -0.4 is 10.6 Å². The van der Waals surface area contributed by atoms with Gasteiger partial charge in [0.1, 0.15) is 6.33 Å². The fourth-order valence-corrected chi connectivity index (χ4v) is 2.73. The topological polar surface area (TPSA) is 93.0 Å². The summed E-state index contributed by atoms with van der Waals surface area (Å²) < 4.78 is 26.4. The summed E-state index contributed by atoms with van der Waals surface area (Å²) in [6.45, 7) is 0. The van der Waals surface area contributed by atoms with Crippen LogP contribution in [0.2, 0.25) is 10.0 Å². The van der Waals surface area contributed by atoms with Crippen LogP contribution in [-0.2, 0) is 0 Å². The number of aromatic nitrogens is 2. The first-order valence-electron chi connectivity index (χ1n) is 7.28. The SMILES string of the molecule is O=[N+]([O-])c1c(Nc2cc(Cl)cc(Cl)c2)ncnc1Nc1ccc(F)c(F)c1. The lowest BCUT2D eigenvalue weighted by Crippen LogP contribution is -2.05. The molecule has 2 N–H and O–H groups in total. The zero-order chi connectivity index (χ0) is 19.6. The Kier molecular flexibility index (Phi) is 5.33. The largest absolute Gasteiger partial charge is 0.353 e. The fraction of sp³-hybridized carbons (Fsp3) is 0. The van der Waals surface area contributed by atoms with E-state index in [1.54, 1.807) is 0 Å². The number of halogens is 4. The van der Waals surface area contributed by atoms with Crippen LogP contribution in [0.1, 0.15) is 0 Å². The summed E-state index contributed by atoms with van der Waals surface area (Å²) in [4.78, 5) is 18.5. The molecule has 0 atom stereocenters. The van der Waals surface area contributed by atoms with Crippen LogP contribution in [-0.4, -0.2) is 14.9 Å². The highest BCUT2D eigenvalue weighted by molar-refractivity contribution is 6.35. The maximum absolute atomic E-state index is 13.4. The van der Waals surface area contributed by atoms with E-state index in [9.17, 15) is 18.9 Å². The summed E-state index contributed by atoms with van der Waals surface area (Å²) in [6, 6.07) is 7.46. The van der Waals surface area contributed by atoms with Gasteiger partial charge in [-0.05, 0) is 30.3 Å². The van der Waals surface area contributed by atoms with Gasteiger partial charge in [-0.15, -0.1) is 0 Å². The van der Waals surface area contributed by atoms with E-state index in [0.29, 0.717) is 15.7 Å². The molecule has 0 aliphatic carbocycles. The first-order valence-corrected chi connectivity index (χ1v) is 8.03. The molecule has 0 unspecified atom stereocenters. The van der Waals surface area contributed by atoms with E-state index in [2.05, 4.69) is 20.6 Å². The van der Waals surface area contributed by atoms with Gasteiger partial charge in [0.15, 0.2) is 11.6 Å². The summed E-state index contributed by atoms with van der Waals surface area (Å²) in [7, 11) is 0. The number of rotatable bonds is 5. The van der Waals surface area contributed by atoms with Crippen LogP contribution in [0.5, 0.6) is 0 Å². The van der Waals surface area contributed by atoms with Crippen molar-refractivity contribution >= 4 is 51.9 Å². The number of anilines is 4. The molecule has 3 aromatic rings. The highest BCUT2D eigenvalue weighted by atomic mass is 35.5. The fourth-order valence-electron chi connectivity index (χ4n) is 2.21. The van der Waals surface area contributed by atoms with Gasteiger partial charge >= 0.3 is 5.69 Å². The minimum absolute atomic E-state index is 0.0763. The average Bonchev–Trinajstić information content (AvgIpc) is 2.57. The molecule has 0 bridgehead atoms. The molecule has 7 nitrogen and oxygen atoms in total. The van der Waals surface area contributed by atoms with Crippen molar-refractivity contribution in [3.05, 3.63) is 74.5 Å². The van der Waals surface area contributed by atoms with Gasteiger partial charge in [-0.1, -0.05) is 23.2 Å². The molecular formula is C16H9Cl2F2N5O2. The molecule has 11 heteroatoms. The molecule has 0 saturated carbocycles. The second-order valence-corrected chi connectivity index (χ2v) is 6.09.